The third-order valence-electron chi connectivity index (χ3n) is 2.36. The van der Waals surface area contributed by atoms with Crippen LogP contribution < -0.4 is 0 Å². The Labute approximate surface area is 94.3 Å². The van der Waals surface area contributed by atoms with Gasteiger partial charge in [0.2, 0.25) is 0 Å². The summed E-state index contributed by atoms with van der Waals surface area (Å²) in [6.45, 7) is 2.08. The van der Waals surface area contributed by atoms with Crippen LogP contribution in [0.4, 0.5) is 8.78 Å². The Kier molecular flexibility index (Phi) is 5.03. The average Bonchev–Trinajstić information content (AvgIpc) is 2.15. The first-order valence-corrected chi connectivity index (χ1v) is 5.70. The normalized spacial score (nSPS) is 12.8. The molecule has 0 saturated heterocycles. The Morgan fingerprint density at radius 3 is 2.27 bits per heavy atom. The maximum atomic E-state index is 12.9. The molecule has 1 unspecified atom stereocenters. The Morgan fingerprint density at radius 2 is 1.80 bits per heavy atom. The maximum absolute atomic E-state index is 12.9. The van der Waals surface area contributed by atoms with Gasteiger partial charge in [-0.05, 0) is 36.5 Å². The average molecular weight is 233 g/mol. The summed E-state index contributed by atoms with van der Waals surface area (Å²) in [5.74, 6) is -0.200. The number of alkyl halides is 1. The van der Waals surface area contributed by atoms with Gasteiger partial charge in [-0.2, -0.15) is 0 Å². The molecule has 0 aliphatic carbocycles. The van der Waals surface area contributed by atoms with E-state index in [9.17, 15) is 8.78 Å². The topological polar surface area (TPSA) is 0 Å². The molecule has 1 rings (SSSR count). The Bertz CT molecular complexity index is 292. The van der Waals surface area contributed by atoms with E-state index in [0.717, 1.165) is 18.9 Å². The smallest absolute Gasteiger partial charge is 0.126 e. The van der Waals surface area contributed by atoms with Gasteiger partial charge in [-0.1, -0.05) is 13.3 Å². The minimum Gasteiger partial charge on any atom is -0.207 e. The molecule has 1 aromatic rings. The van der Waals surface area contributed by atoms with E-state index in [2.05, 4.69) is 6.92 Å². The van der Waals surface area contributed by atoms with Gasteiger partial charge < -0.3 is 0 Å². The largest absolute Gasteiger partial charge is 0.207 e. The third-order valence-corrected chi connectivity index (χ3v) is 2.80. The number of benzene rings is 1. The molecule has 0 nitrogen and oxygen atoms in total. The van der Waals surface area contributed by atoms with Crippen molar-refractivity contribution >= 4 is 11.6 Å². The summed E-state index contributed by atoms with van der Waals surface area (Å²) in [4.78, 5) is 0. The summed E-state index contributed by atoms with van der Waals surface area (Å²) in [5, 5.41) is 0. The third kappa shape index (κ3) is 4.17. The van der Waals surface area contributed by atoms with Gasteiger partial charge in [-0.3, -0.25) is 0 Å². The van der Waals surface area contributed by atoms with Crippen molar-refractivity contribution in [2.45, 2.75) is 26.2 Å². The van der Waals surface area contributed by atoms with Crippen LogP contribution in [0, 0.1) is 17.6 Å². The number of hydrogen-bond acceptors (Lipinski definition) is 0. The zero-order valence-electron chi connectivity index (χ0n) is 8.77. The Hall–Kier alpha value is -0.630. The first-order chi connectivity index (χ1) is 7.15. The van der Waals surface area contributed by atoms with Gasteiger partial charge in [-0.25, -0.2) is 8.78 Å². The Morgan fingerprint density at radius 1 is 1.20 bits per heavy atom. The molecule has 1 atom stereocenters. The second kappa shape index (κ2) is 6.06. The van der Waals surface area contributed by atoms with Crippen LogP contribution in [0.3, 0.4) is 0 Å². The molecule has 0 aromatic heterocycles. The van der Waals surface area contributed by atoms with Crippen LogP contribution in [0.5, 0.6) is 0 Å². The van der Waals surface area contributed by atoms with Crippen molar-refractivity contribution < 1.29 is 8.78 Å². The summed E-state index contributed by atoms with van der Waals surface area (Å²) in [6, 6.07) is 3.63. The van der Waals surface area contributed by atoms with Crippen LogP contribution >= 0.6 is 11.6 Å². The lowest BCUT2D eigenvalue weighted by Crippen LogP contribution is -2.06. The van der Waals surface area contributed by atoms with Crippen molar-refractivity contribution in [3.8, 4) is 0 Å². The number of rotatable bonds is 5. The summed E-state index contributed by atoms with van der Waals surface area (Å²) in [6.07, 6.45) is 2.67. The van der Waals surface area contributed by atoms with Crippen LogP contribution in [0.25, 0.3) is 0 Å². The summed E-state index contributed by atoms with van der Waals surface area (Å²) < 4.78 is 25.8. The second-order valence-corrected chi connectivity index (χ2v) is 4.10. The summed E-state index contributed by atoms with van der Waals surface area (Å²) in [5.41, 5.74) is 0.687. The van der Waals surface area contributed by atoms with Gasteiger partial charge in [0.25, 0.3) is 0 Å². The molecule has 0 fully saturated rings. The van der Waals surface area contributed by atoms with Crippen molar-refractivity contribution in [3.63, 3.8) is 0 Å². The lowest BCUT2D eigenvalue weighted by Gasteiger charge is -2.12. The second-order valence-electron chi connectivity index (χ2n) is 3.79. The van der Waals surface area contributed by atoms with E-state index in [1.54, 1.807) is 0 Å². The minimum absolute atomic E-state index is 0.304. The molecule has 0 heterocycles. The molecule has 0 radical (unpaired) electrons. The van der Waals surface area contributed by atoms with Crippen LogP contribution in [-0.2, 0) is 6.42 Å². The quantitative estimate of drug-likeness (QED) is 0.669. The van der Waals surface area contributed by atoms with Gasteiger partial charge in [0.1, 0.15) is 11.6 Å². The van der Waals surface area contributed by atoms with Gasteiger partial charge in [0, 0.05) is 11.9 Å². The molecule has 3 heteroatoms. The van der Waals surface area contributed by atoms with E-state index >= 15 is 0 Å². The molecule has 0 aliphatic rings. The number of hydrogen-bond donors (Lipinski definition) is 0. The molecule has 84 valence electrons. The highest BCUT2D eigenvalue weighted by atomic mass is 35.5. The molecule has 1 aromatic carbocycles. The highest BCUT2D eigenvalue weighted by Crippen LogP contribution is 2.17. The highest BCUT2D eigenvalue weighted by Gasteiger charge is 2.09. The van der Waals surface area contributed by atoms with E-state index in [0.29, 0.717) is 23.8 Å². The predicted octanol–water partition coefficient (Wildman–Crippen LogP) is 4.16. The van der Waals surface area contributed by atoms with Gasteiger partial charge in [0.15, 0.2) is 0 Å². The Balaban J connectivity index is 2.69. The first-order valence-electron chi connectivity index (χ1n) is 5.16. The number of halogens is 3. The molecular formula is C12H15ClF2. The van der Waals surface area contributed by atoms with Crippen molar-refractivity contribution in [1.82, 2.24) is 0 Å². The van der Waals surface area contributed by atoms with Crippen LogP contribution in [-0.4, -0.2) is 5.88 Å². The zero-order chi connectivity index (χ0) is 11.3. The molecule has 0 saturated carbocycles. The van der Waals surface area contributed by atoms with Gasteiger partial charge in [-0.15, -0.1) is 11.6 Å². The molecule has 0 spiro atoms. The molecule has 0 amide bonds. The van der Waals surface area contributed by atoms with E-state index in [4.69, 9.17) is 11.6 Å². The standard InChI is InChI=1S/C12H15ClF2/c1-2-3-9(8-13)4-10-5-11(14)7-12(15)6-10/h5-7,9H,2-4,8H2,1H3. The lowest BCUT2D eigenvalue weighted by molar-refractivity contribution is 0.520. The van der Waals surface area contributed by atoms with E-state index in [1.807, 2.05) is 0 Å². The van der Waals surface area contributed by atoms with E-state index < -0.39 is 11.6 Å². The van der Waals surface area contributed by atoms with Crippen LogP contribution in [0.15, 0.2) is 18.2 Å². The maximum Gasteiger partial charge on any atom is 0.126 e. The summed E-state index contributed by atoms with van der Waals surface area (Å²) in [7, 11) is 0. The first kappa shape index (κ1) is 12.4. The van der Waals surface area contributed by atoms with Crippen molar-refractivity contribution in [1.29, 1.82) is 0 Å². The fourth-order valence-corrected chi connectivity index (χ4v) is 1.97. The highest BCUT2D eigenvalue weighted by molar-refractivity contribution is 6.18. The van der Waals surface area contributed by atoms with Crippen molar-refractivity contribution in [2.24, 2.45) is 5.92 Å². The molecule has 15 heavy (non-hydrogen) atoms. The van der Waals surface area contributed by atoms with E-state index in [1.165, 1.54) is 12.1 Å². The minimum atomic E-state index is -0.519. The van der Waals surface area contributed by atoms with Crippen molar-refractivity contribution in [3.05, 3.63) is 35.4 Å². The fourth-order valence-electron chi connectivity index (χ4n) is 1.70. The van der Waals surface area contributed by atoms with Crippen molar-refractivity contribution in [2.75, 3.05) is 5.88 Å². The molecule has 0 bridgehead atoms. The van der Waals surface area contributed by atoms with Crippen LogP contribution in [0.1, 0.15) is 25.3 Å². The van der Waals surface area contributed by atoms with Gasteiger partial charge in [0.05, 0.1) is 0 Å². The van der Waals surface area contributed by atoms with E-state index in [-0.39, 0.29) is 0 Å². The monoisotopic (exact) mass is 232 g/mol. The summed E-state index contributed by atoms with van der Waals surface area (Å²) >= 11 is 5.79. The lowest BCUT2D eigenvalue weighted by atomic mass is 9.97. The predicted molar refractivity (Wildman–Crippen MR) is 59.2 cm³/mol. The van der Waals surface area contributed by atoms with Gasteiger partial charge >= 0.3 is 0 Å². The molecular weight excluding hydrogens is 218 g/mol. The SMILES string of the molecule is CCCC(CCl)Cc1cc(F)cc(F)c1. The zero-order valence-corrected chi connectivity index (χ0v) is 9.53. The molecule has 0 N–H and O–H groups in total. The fraction of sp³-hybridized carbons (Fsp3) is 0.500. The van der Waals surface area contributed by atoms with Crippen LogP contribution in [0.2, 0.25) is 0 Å². The molecule has 0 aliphatic heterocycles.